The Morgan fingerprint density at radius 3 is 2.71 bits per heavy atom. The molecular weight excluding hydrogens is 432 g/mol. The molecule has 2 heterocycles. The van der Waals surface area contributed by atoms with E-state index in [1.54, 1.807) is 11.5 Å². The molecule has 0 atom stereocenters. The van der Waals surface area contributed by atoms with Crippen molar-refractivity contribution in [1.29, 1.82) is 0 Å². The number of methoxy groups -OCH3 is 1. The quantitative estimate of drug-likeness (QED) is 0.391. The maximum absolute atomic E-state index is 13.1. The second-order valence-electron chi connectivity index (χ2n) is 6.89. The van der Waals surface area contributed by atoms with Crippen LogP contribution in [0.2, 0.25) is 5.02 Å². The molecule has 0 aliphatic rings. The van der Waals surface area contributed by atoms with Crippen LogP contribution in [-0.4, -0.2) is 16.5 Å². The van der Waals surface area contributed by atoms with E-state index in [4.69, 9.17) is 21.1 Å². The minimum Gasteiger partial charge on any atom is -0.493 e. The summed E-state index contributed by atoms with van der Waals surface area (Å²) in [6.07, 6.45) is 1.82. The first-order valence-electron chi connectivity index (χ1n) is 9.60. The molecule has 0 radical (unpaired) electrons. The Balaban J connectivity index is 1.60. The van der Waals surface area contributed by atoms with E-state index in [0.29, 0.717) is 26.0 Å². The van der Waals surface area contributed by atoms with Crippen molar-refractivity contribution in [3.63, 3.8) is 0 Å². The second-order valence-corrected chi connectivity index (χ2v) is 8.31. The zero-order valence-corrected chi connectivity index (χ0v) is 18.1. The zero-order valence-electron chi connectivity index (χ0n) is 16.5. The van der Waals surface area contributed by atoms with Crippen LogP contribution < -0.4 is 19.6 Å². The van der Waals surface area contributed by atoms with E-state index in [1.807, 2.05) is 72.8 Å². The number of nitrogens with zero attached hydrogens (tertiary/aromatic N) is 2. The van der Waals surface area contributed by atoms with Gasteiger partial charge in [-0.2, -0.15) is 0 Å². The van der Waals surface area contributed by atoms with Gasteiger partial charge < -0.3 is 9.47 Å². The van der Waals surface area contributed by atoms with Crippen LogP contribution in [0, 0.1) is 0 Å². The fraction of sp³-hybridized carbons (Fsp3) is 0.0833. The molecule has 0 saturated heterocycles. The highest BCUT2D eigenvalue weighted by molar-refractivity contribution is 7.15. The largest absolute Gasteiger partial charge is 0.493 e. The molecule has 2 aromatic heterocycles. The average Bonchev–Trinajstić information content (AvgIpc) is 3.29. The summed E-state index contributed by atoms with van der Waals surface area (Å²) in [5, 5.41) is 0.635. The normalized spacial score (nSPS) is 12.0. The minimum atomic E-state index is -0.103. The van der Waals surface area contributed by atoms with E-state index >= 15 is 0 Å². The van der Waals surface area contributed by atoms with E-state index in [9.17, 15) is 4.79 Å². The molecule has 0 spiro atoms. The number of ether oxygens (including phenoxy) is 2. The van der Waals surface area contributed by atoms with E-state index in [0.717, 1.165) is 22.2 Å². The number of rotatable bonds is 5. The molecule has 5 aromatic rings. The molecule has 7 heteroatoms. The zero-order chi connectivity index (χ0) is 21.4. The maximum Gasteiger partial charge on any atom is 0.274 e. The molecule has 0 fully saturated rings. The first-order chi connectivity index (χ1) is 15.2. The number of fused-ring (bicyclic) bond motifs is 3. The van der Waals surface area contributed by atoms with Gasteiger partial charge in [-0.1, -0.05) is 65.4 Å². The van der Waals surface area contributed by atoms with Gasteiger partial charge in [0, 0.05) is 16.1 Å². The van der Waals surface area contributed by atoms with Gasteiger partial charge in [0.1, 0.15) is 6.61 Å². The monoisotopic (exact) mass is 448 g/mol. The lowest BCUT2D eigenvalue weighted by atomic mass is 10.1. The molecule has 0 bridgehead atoms. The predicted molar refractivity (Wildman–Crippen MR) is 124 cm³/mol. The number of hydrogen-bond donors (Lipinski definition) is 0. The van der Waals surface area contributed by atoms with Gasteiger partial charge in [0.15, 0.2) is 16.5 Å². The highest BCUT2D eigenvalue weighted by Crippen LogP contribution is 2.33. The average molecular weight is 449 g/mol. The SMILES string of the molecule is COc1cccc(C=c2sc3nc4ccccc4n3c2=O)c1OCc1ccccc1Cl. The van der Waals surface area contributed by atoms with Gasteiger partial charge in [0.2, 0.25) is 0 Å². The summed E-state index contributed by atoms with van der Waals surface area (Å²) in [5.41, 5.74) is 3.12. The number of para-hydroxylation sites is 3. The van der Waals surface area contributed by atoms with E-state index in [2.05, 4.69) is 4.98 Å². The lowest BCUT2D eigenvalue weighted by Gasteiger charge is -2.14. The first kappa shape index (κ1) is 19.6. The molecule has 31 heavy (non-hydrogen) atoms. The number of hydrogen-bond acceptors (Lipinski definition) is 5. The van der Waals surface area contributed by atoms with Crippen LogP contribution in [0.3, 0.4) is 0 Å². The Labute approximate surface area is 186 Å². The fourth-order valence-corrected chi connectivity index (χ4v) is 4.65. The lowest BCUT2D eigenvalue weighted by Crippen LogP contribution is -2.22. The molecule has 154 valence electrons. The number of halogens is 1. The topological polar surface area (TPSA) is 52.8 Å². The molecule has 0 unspecified atom stereocenters. The highest BCUT2D eigenvalue weighted by Gasteiger charge is 2.14. The van der Waals surface area contributed by atoms with Crippen LogP contribution in [0.5, 0.6) is 11.5 Å². The van der Waals surface area contributed by atoms with Gasteiger partial charge in [0.05, 0.1) is 22.7 Å². The molecular formula is C24H17ClN2O3S. The second kappa shape index (κ2) is 8.06. The van der Waals surface area contributed by atoms with Crippen molar-refractivity contribution in [2.75, 3.05) is 7.11 Å². The standard InChI is InChI=1S/C24H17ClN2O3S/c1-29-20-12-6-8-15(22(20)30-14-16-7-2-3-9-17(16)25)13-21-23(28)27-19-11-5-4-10-18(19)26-24(27)31-21/h2-13H,14H2,1H3. The smallest absolute Gasteiger partial charge is 0.274 e. The van der Waals surface area contributed by atoms with Crippen LogP contribution in [-0.2, 0) is 6.61 Å². The number of benzene rings is 3. The van der Waals surface area contributed by atoms with Crippen LogP contribution in [0.4, 0.5) is 0 Å². The van der Waals surface area contributed by atoms with Crippen LogP contribution in [0.25, 0.3) is 22.1 Å². The van der Waals surface area contributed by atoms with Gasteiger partial charge in [0.25, 0.3) is 5.56 Å². The van der Waals surface area contributed by atoms with Gasteiger partial charge in [-0.3, -0.25) is 4.79 Å². The molecule has 0 N–H and O–H groups in total. The Morgan fingerprint density at radius 2 is 1.87 bits per heavy atom. The maximum atomic E-state index is 13.1. The first-order valence-corrected chi connectivity index (χ1v) is 10.8. The Bertz CT molecular complexity index is 1520. The molecule has 0 aliphatic carbocycles. The summed E-state index contributed by atoms with van der Waals surface area (Å²) in [4.78, 5) is 18.3. The van der Waals surface area contributed by atoms with Crippen LogP contribution in [0.15, 0.2) is 71.5 Å². The number of aromatic nitrogens is 2. The van der Waals surface area contributed by atoms with E-state index in [1.165, 1.54) is 11.3 Å². The summed E-state index contributed by atoms with van der Waals surface area (Å²) in [5.74, 6) is 1.14. The third-order valence-electron chi connectivity index (χ3n) is 4.99. The van der Waals surface area contributed by atoms with Crippen molar-refractivity contribution >= 4 is 45.0 Å². The van der Waals surface area contributed by atoms with Crippen molar-refractivity contribution in [3.8, 4) is 11.5 Å². The number of imidazole rings is 1. The summed E-state index contributed by atoms with van der Waals surface area (Å²) >= 11 is 7.62. The minimum absolute atomic E-state index is 0.103. The third kappa shape index (κ3) is 3.54. The van der Waals surface area contributed by atoms with Crippen molar-refractivity contribution in [2.45, 2.75) is 6.61 Å². The molecule has 5 nitrogen and oxygen atoms in total. The third-order valence-corrected chi connectivity index (χ3v) is 6.33. The van der Waals surface area contributed by atoms with Crippen molar-refractivity contribution in [3.05, 3.63) is 97.8 Å². The highest BCUT2D eigenvalue weighted by atomic mass is 35.5. The van der Waals surface area contributed by atoms with Gasteiger partial charge in [-0.15, -0.1) is 0 Å². The predicted octanol–water partition coefficient (Wildman–Crippen LogP) is 4.70. The van der Waals surface area contributed by atoms with E-state index < -0.39 is 0 Å². The van der Waals surface area contributed by atoms with Crippen molar-refractivity contribution in [1.82, 2.24) is 9.38 Å². The van der Waals surface area contributed by atoms with Gasteiger partial charge in [-0.05, 0) is 30.3 Å². The van der Waals surface area contributed by atoms with Gasteiger partial charge in [-0.25, -0.2) is 9.38 Å². The Morgan fingerprint density at radius 1 is 1.06 bits per heavy atom. The van der Waals surface area contributed by atoms with Crippen molar-refractivity contribution < 1.29 is 9.47 Å². The Kier molecular flexibility index (Phi) is 5.10. The summed E-state index contributed by atoms with van der Waals surface area (Å²) < 4.78 is 13.8. The Hall–Kier alpha value is -3.35. The van der Waals surface area contributed by atoms with Crippen molar-refractivity contribution in [2.24, 2.45) is 0 Å². The molecule has 0 aliphatic heterocycles. The van der Waals surface area contributed by atoms with Crippen LogP contribution in [0.1, 0.15) is 11.1 Å². The lowest BCUT2D eigenvalue weighted by molar-refractivity contribution is 0.284. The number of thiazole rings is 1. The molecule has 3 aromatic carbocycles. The molecule has 5 rings (SSSR count). The van der Waals surface area contributed by atoms with E-state index in [-0.39, 0.29) is 12.2 Å². The fourth-order valence-electron chi connectivity index (χ4n) is 3.48. The summed E-state index contributed by atoms with van der Waals surface area (Å²) in [7, 11) is 1.59. The van der Waals surface area contributed by atoms with Crippen LogP contribution >= 0.6 is 22.9 Å². The molecule has 0 saturated carbocycles. The summed E-state index contributed by atoms with van der Waals surface area (Å²) in [6, 6.07) is 20.7. The summed E-state index contributed by atoms with van der Waals surface area (Å²) in [6.45, 7) is 0.281. The molecule has 0 amide bonds. The van der Waals surface area contributed by atoms with Gasteiger partial charge >= 0.3 is 0 Å².